The zero-order valence-electron chi connectivity index (χ0n) is 12.6. The van der Waals surface area contributed by atoms with Crippen molar-refractivity contribution >= 4 is 0 Å². The lowest BCUT2D eigenvalue weighted by Crippen LogP contribution is -2.35. The molecule has 1 aromatic carbocycles. The van der Waals surface area contributed by atoms with Crippen molar-refractivity contribution in [3.05, 3.63) is 34.9 Å². The molecular weight excluding hydrogens is 244 g/mol. The summed E-state index contributed by atoms with van der Waals surface area (Å²) in [6.07, 6.45) is 1.86. The molecule has 0 fully saturated rings. The molecule has 0 bridgehead atoms. The van der Waals surface area contributed by atoms with Crippen molar-refractivity contribution in [3.8, 4) is 0 Å². The first kappa shape index (κ1) is 16.1. The van der Waals surface area contributed by atoms with Crippen molar-refractivity contribution in [2.45, 2.75) is 53.5 Å². The quantitative estimate of drug-likeness (QED) is 0.785. The molecule has 0 aliphatic rings. The van der Waals surface area contributed by atoms with Crippen LogP contribution in [0.3, 0.4) is 0 Å². The van der Waals surface area contributed by atoms with Gasteiger partial charge in [-0.1, -0.05) is 39.8 Å². The van der Waals surface area contributed by atoms with E-state index in [1.165, 1.54) is 0 Å². The first-order valence-corrected chi connectivity index (χ1v) is 7.03. The second kappa shape index (κ2) is 6.47. The molecule has 0 saturated carbocycles. The highest BCUT2D eigenvalue weighted by molar-refractivity contribution is 5.29. The molecule has 1 nitrogen and oxygen atoms in total. The van der Waals surface area contributed by atoms with E-state index in [1.54, 1.807) is 19.1 Å². The second-order valence-corrected chi connectivity index (χ2v) is 5.83. The number of aryl methyl sites for hydroxylation is 1. The molecular formula is C16H25F2N. The van der Waals surface area contributed by atoms with Gasteiger partial charge in [0.05, 0.1) is 0 Å². The predicted molar refractivity (Wildman–Crippen MR) is 76.2 cm³/mol. The minimum absolute atomic E-state index is 0.127. The van der Waals surface area contributed by atoms with E-state index in [9.17, 15) is 8.78 Å². The maximum atomic E-state index is 14.2. The fourth-order valence-corrected chi connectivity index (χ4v) is 2.18. The average molecular weight is 269 g/mol. The lowest BCUT2D eigenvalue weighted by molar-refractivity contribution is 0.228. The van der Waals surface area contributed by atoms with Gasteiger partial charge in [-0.15, -0.1) is 0 Å². The van der Waals surface area contributed by atoms with Crippen molar-refractivity contribution in [1.82, 2.24) is 5.32 Å². The maximum Gasteiger partial charge on any atom is 0.163 e. The summed E-state index contributed by atoms with van der Waals surface area (Å²) in [6, 6.07) is 3.19. The fraction of sp³-hybridized carbons (Fsp3) is 0.625. The maximum absolute atomic E-state index is 14.2. The number of nitrogens with one attached hydrogen (secondary N) is 1. The number of hydrogen-bond donors (Lipinski definition) is 1. The third-order valence-corrected chi connectivity index (χ3v) is 3.91. The molecule has 0 saturated heterocycles. The van der Waals surface area contributed by atoms with Gasteiger partial charge in [0.25, 0.3) is 0 Å². The van der Waals surface area contributed by atoms with Crippen molar-refractivity contribution in [2.24, 2.45) is 5.41 Å². The van der Waals surface area contributed by atoms with Gasteiger partial charge in [-0.3, -0.25) is 0 Å². The Morgan fingerprint density at radius 2 is 1.79 bits per heavy atom. The Bertz CT molecular complexity index is 427. The Hall–Kier alpha value is -0.960. The summed E-state index contributed by atoms with van der Waals surface area (Å²) in [7, 11) is 0. The Labute approximate surface area is 115 Å². The summed E-state index contributed by atoms with van der Waals surface area (Å²) in [5, 5.41) is 3.36. The molecule has 1 atom stereocenters. The van der Waals surface area contributed by atoms with Crippen LogP contribution in [0, 0.1) is 24.0 Å². The molecule has 19 heavy (non-hydrogen) atoms. The molecule has 1 rings (SSSR count). The molecule has 0 aliphatic heterocycles. The highest BCUT2D eigenvalue weighted by Gasteiger charge is 2.31. The smallest absolute Gasteiger partial charge is 0.163 e. The number of hydrogen-bond acceptors (Lipinski definition) is 1. The number of benzene rings is 1. The van der Waals surface area contributed by atoms with Crippen molar-refractivity contribution in [2.75, 3.05) is 6.54 Å². The third-order valence-electron chi connectivity index (χ3n) is 3.91. The van der Waals surface area contributed by atoms with Gasteiger partial charge < -0.3 is 5.32 Å². The fourth-order valence-electron chi connectivity index (χ4n) is 2.18. The molecule has 0 aromatic heterocycles. The van der Waals surface area contributed by atoms with Crippen LogP contribution in [0.4, 0.5) is 8.78 Å². The van der Waals surface area contributed by atoms with Crippen LogP contribution in [0.1, 0.15) is 57.7 Å². The minimum Gasteiger partial charge on any atom is -0.309 e. The second-order valence-electron chi connectivity index (χ2n) is 5.83. The van der Waals surface area contributed by atoms with Gasteiger partial charge in [0.1, 0.15) is 0 Å². The molecule has 0 amide bonds. The largest absolute Gasteiger partial charge is 0.309 e. The molecule has 1 N–H and O–H groups in total. The molecule has 0 spiro atoms. The Morgan fingerprint density at radius 1 is 1.16 bits per heavy atom. The van der Waals surface area contributed by atoms with Crippen LogP contribution in [0.2, 0.25) is 0 Å². The van der Waals surface area contributed by atoms with Crippen LogP contribution >= 0.6 is 0 Å². The van der Waals surface area contributed by atoms with E-state index in [4.69, 9.17) is 0 Å². The monoisotopic (exact) mass is 269 g/mol. The molecule has 1 aromatic rings. The normalized spacial score (nSPS) is 13.6. The van der Waals surface area contributed by atoms with Crippen LogP contribution in [0.5, 0.6) is 0 Å². The van der Waals surface area contributed by atoms with E-state index in [0.717, 1.165) is 19.4 Å². The van der Waals surface area contributed by atoms with Gasteiger partial charge in [-0.25, -0.2) is 8.78 Å². The number of halogens is 2. The third kappa shape index (κ3) is 3.53. The minimum atomic E-state index is -0.729. The molecule has 0 radical (unpaired) electrons. The van der Waals surface area contributed by atoms with E-state index in [-0.39, 0.29) is 11.5 Å². The summed E-state index contributed by atoms with van der Waals surface area (Å²) >= 11 is 0. The summed E-state index contributed by atoms with van der Waals surface area (Å²) in [6.45, 7) is 10.7. The van der Waals surface area contributed by atoms with Crippen molar-refractivity contribution in [3.63, 3.8) is 0 Å². The average Bonchev–Trinajstić information content (AvgIpc) is 2.38. The summed E-state index contributed by atoms with van der Waals surface area (Å²) < 4.78 is 28.0. The molecule has 0 aliphatic carbocycles. The Balaban J connectivity index is 3.21. The summed E-state index contributed by atoms with van der Waals surface area (Å²) in [4.78, 5) is 0. The van der Waals surface area contributed by atoms with E-state index >= 15 is 0 Å². The van der Waals surface area contributed by atoms with Crippen LogP contribution in [0.25, 0.3) is 0 Å². The van der Waals surface area contributed by atoms with E-state index < -0.39 is 11.6 Å². The van der Waals surface area contributed by atoms with Gasteiger partial charge in [-0.05, 0) is 37.3 Å². The standard InChI is InChI=1S/C16H25F2N/c1-6-10-19-15(16(4,5)7-2)12-9-8-11(3)13(17)14(12)18/h8-9,15,19H,6-7,10H2,1-5H3. The molecule has 0 heterocycles. The van der Waals surface area contributed by atoms with Gasteiger partial charge in [-0.2, -0.15) is 0 Å². The lowest BCUT2D eigenvalue weighted by atomic mass is 9.78. The molecule has 108 valence electrons. The zero-order valence-corrected chi connectivity index (χ0v) is 12.6. The van der Waals surface area contributed by atoms with Gasteiger partial charge in [0, 0.05) is 11.6 Å². The number of rotatable bonds is 6. The first-order valence-electron chi connectivity index (χ1n) is 7.03. The predicted octanol–water partition coefficient (Wildman–Crippen LogP) is 4.75. The molecule has 3 heteroatoms. The van der Waals surface area contributed by atoms with Crippen molar-refractivity contribution in [1.29, 1.82) is 0 Å². The van der Waals surface area contributed by atoms with Crippen LogP contribution < -0.4 is 5.32 Å². The topological polar surface area (TPSA) is 12.0 Å². The van der Waals surface area contributed by atoms with Gasteiger partial charge in [0.15, 0.2) is 11.6 Å². The van der Waals surface area contributed by atoms with Crippen LogP contribution in [-0.2, 0) is 0 Å². The Morgan fingerprint density at radius 3 is 2.32 bits per heavy atom. The van der Waals surface area contributed by atoms with Crippen LogP contribution in [0.15, 0.2) is 12.1 Å². The zero-order chi connectivity index (χ0) is 14.6. The highest BCUT2D eigenvalue weighted by atomic mass is 19.2. The first-order chi connectivity index (χ1) is 8.85. The highest BCUT2D eigenvalue weighted by Crippen LogP contribution is 2.38. The summed E-state index contributed by atoms with van der Waals surface area (Å²) in [5.41, 5.74) is 0.658. The van der Waals surface area contributed by atoms with E-state index in [1.807, 2.05) is 0 Å². The molecule has 1 unspecified atom stereocenters. The van der Waals surface area contributed by atoms with E-state index in [2.05, 4.69) is 33.0 Å². The lowest BCUT2D eigenvalue weighted by Gasteiger charge is -2.35. The van der Waals surface area contributed by atoms with Gasteiger partial charge >= 0.3 is 0 Å². The van der Waals surface area contributed by atoms with Gasteiger partial charge in [0.2, 0.25) is 0 Å². The summed E-state index contributed by atoms with van der Waals surface area (Å²) in [5.74, 6) is -1.44. The van der Waals surface area contributed by atoms with Crippen LogP contribution in [-0.4, -0.2) is 6.54 Å². The SMILES string of the molecule is CCCNC(c1ccc(C)c(F)c1F)C(C)(C)CC. The Kier molecular flexibility index (Phi) is 5.48. The van der Waals surface area contributed by atoms with Crippen molar-refractivity contribution < 1.29 is 8.78 Å². The van der Waals surface area contributed by atoms with E-state index in [0.29, 0.717) is 11.1 Å².